The first kappa shape index (κ1) is 33.9. The van der Waals surface area contributed by atoms with Crippen molar-refractivity contribution < 1.29 is 27.5 Å². The van der Waals surface area contributed by atoms with Crippen molar-refractivity contribution in [1.82, 2.24) is 9.55 Å². The molecule has 1 amide bonds. The van der Waals surface area contributed by atoms with E-state index in [0.717, 1.165) is 72.8 Å². The number of nitrogens with zero attached hydrogens (tertiary/aromatic N) is 2. The Morgan fingerprint density at radius 1 is 1.00 bits per heavy atom. The van der Waals surface area contributed by atoms with E-state index in [2.05, 4.69) is 21.1 Å². The topological polar surface area (TPSA) is 143 Å². The number of methoxy groups -OCH3 is 1. The van der Waals surface area contributed by atoms with Crippen molar-refractivity contribution in [2.24, 2.45) is 5.14 Å². The molecular weight excluding hydrogens is 641 g/mol. The largest absolute Gasteiger partial charge is 0.496 e. The molecule has 2 heterocycles. The number of ketones is 1. The lowest BCUT2D eigenvalue weighted by molar-refractivity contribution is 0.103. The number of carbonyl (C=O) groups excluding carboxylic acids is 2. The Kier molecular flexibility index (Phi) is 10.1. The van der Waals surface area contributed by atoms with Crippen LogP contribution < -0.4 is 15.2 Å². The van der Waals surface area contributed by atoms with Crippen LogP contribution in [0.5, 0.6) is 5.75 Å². The molecule has 0 radical (unpaired) electrons. The smallest absolute Gasteiger partial charge is 0.411 e. The molecular formula is C38H40N4O6S. The van der Waals surface area contributed by atoms with Crippen LogP contribution in [0, 0.1) is 6.92 Å². The van der Waals surface area contributed by atoms with Crippen LogP contribution >= 0.6 is 0 Å². The van der Waals surface area contributed by atoms with Gasteiger partial charge >= 0.3 is 6.09 Å². The average Bonchev–Trinajstić information content (AvgIpc) is 3.72. The van der Waals surface area contributed by atoms with Crippen molar-refractivity contribution in [1.29, 1.82) is 0 Å². The maximum atomic E-state index is 13.6. The number of nitrogens with two attached hydrogens (primary N) is 1. The quantitative estimate of drug-likeness (QED) is 0.136. The SMILES string of the molecule is COc1cc(C(=O)c2cccc(S(N)(=O)=O)c2C)ccc1Cc1cn(CCCc2ccccn2)c2ccc(NC(=O)OC3CCCC3)cc12. The van der Waals surface area contributed by atoms with Crippen LogP contribution in [0.25, 0.3) is 10.9 Å². The Bertz CT molecular complexity index is 2100. The monoisotopic (exact) mass is 680 g/mol. The minimum absolute atomic E-state index is 0.0386. The van der Waals surface area contributed by atoms with Gasteiger partial charge in [0.15, 0.2) is 5.78 Å². The maximum Gasteiger partial charge on any atom is 0.411 e. The third kappa shape index (κ3) is 7.84. The van der Waals surface area contributed by atoms with Gasteiger partial charge in [-0.05, 0) is 105 Å². The van der Waals surface area contributed by atoms with Crippen molar-refractivity contribution in [2.75, 3.05) is 12.4 Å². The Labute approximate surface area is 286 Å². The molecule has 0 unspecified atom stereocenters. The zero-order valence-electron chi connectivity index (χ0n) is 27.6. The molecule has 254 valence electrons. The summed E-state index contributed by atoms with van der Waals surface area (Å²) in [6.45, 7) is 2.34. The van der Waals surface area contributed by atoms with Gasteiger partial charge in [0.1, 0.15) is 11.9 Å². The summed E-state index contributed by atoms with van der Waals surface area (Å²) in [7, 11) is -2.44. The summed E-state index contributed by atoms with van der Waals surface area (Å²) >= 11 is 0. The van der Waals surface area contributed by atoms with Gasteiger partial charge in [0.2, 0.25) is 10.0 Å². The fourth-order valence-corrected chi connectivity index (χ4v) is 7.42. The van der Waals surface area contributed by atoms with Gasteiger partial charge in [-0.25, -0.2) is 18.4 Å². The van der Waals surface area contributed by atoms with Gasteiger partial charge in [0.25, 0.3) is 0 Å². The molecule has 49 heavy (non-hydrogen) atoms. The van der Waals surface area contributed by atoms with Crippen molar-refractivity contribution in [3.8, 4) is 5.75 Å². The average molecular weight is 681 g/mol. The number of hydrogen-bond donors (Lipinski definition) is 2. The van der Waals surface area contributed by atoms with E-state index in [1.165, 1.54) is 12.1 Å². The number of hydrogen-bond acceptors (Lipinski definition) is 7. The Morgan fingerprint density at radius 2 is 1.82 bits per heavy atom. The predicted octanol–water partition coefficient (Wildman–Crippen LogP) is 6.95. The van der Waals surface area contributed by atoms with E-state index in [-0.39, 0.29) is 22.3 Å². The standard InChI is InChI=1S/C38H40N4O6S/c1-25-32(13-7-14-36(25)49(39,45)46)37(43)27-16-15-26(35(22-27)47-2)21-28-24-42(20-8-10-29-9-5-6-19-40-29)34-18-17-30(23-33(28)34)41-38(44)48-31-11-3-4-12-31/h5-7,9,13-19,22-24,31H,3-4,8,10-12,20-21H2,1-2H3,(H,41,44)(H2,39,45,46). The summed E-state index contributed by atoms with van der Waals surface area (Å²) in [5, 5.41) is 9.27. The van der Waals surface area contributed by atoms with Crippen molar-refractivity contribution >= 4 is 38.5 Å². The Morgan fingerprint density at radius 3 is 2.55 bits per heavy atom. The van der Waals surface area contributed by atoms with E-state index in [0.29, 0.717) is 29.0 Å². The number of ether oxygens (including phenoxy) is 2. The van der Waals surface area contributed by atoms with Crippen LogP contribution in [0.15, 0.2) is 90.1 Å². The number of rotatable bonds is 12. The summed E-state index contributed by atoms with van der Waals surface area (Å²) in [6, 6.07) is 21.6. The van der Waals surface area contributed by atoms with Gasteiger partial charge in [0, 0.05) is 58.8 Å². The molecule has 0 aliphatic heterocycles. The highest BCUT2D eigenvalue weighted by molar-refractivity contribution is 7.89. The minimum Gasteiger partial charge on any atom is -0.496 e. The predicted molar refractivity (Wildman–Crippen MR) is 189 cm³/mol. The molecule has 0 spiro atoms. The summed E-state index contributed by atoms with van der Waals surface area (Å²) in [5.74, 6) is 0.189. The first-order chi connectivity index (χ1) is 23.6. The van der Waals surface area contributed by atoms with E-state index < -0.39 is 16.1 Å². The van der Waals surface area contributed by atoms with Gasteiger partial charge < -0.3 is 14.0 Å². The first-order valence-electron chi connectivity index (χ1n) is 16.4. The van der Waals surface area contributed by atoms with Crippen LogP contribution in [-0.2, 0) is 34.1 Å². The minimum atomic E-state index is -3.99. The second-order valence-electron chi connectivity index (χ2n) is 12.4. The number of pyridine rings is 1. The van der Waals surface area contributed by atoms with Gasteiger partial charge in [-0.2, -0.15) is 0 Å². The van der Waals surface area contributed by atoms with E-state index in [1.54, 1.807) is 38.4 Å². The van der Waals surface area contributed by atoms with Gasteiger partial charge in [-0.3, -0.25) is 15.1 Å². The molecule has 6 rings (SSSR count). The van der Waals surface area contributed by atoms with Crippen LogP contribution in [-0.4, -0.2) is 43.1 Å². The number of aryl methyl sites for hydroxylation is 2. The van der Waals surface area contributed by atoms with Crippen LogP contribution in [0.2, 0.25) is 0 Å². The molecule has 0 atom stereocenters. The summed E-state index contributed by atoms with van der Waals surface area (Å²) < 4.78 is 37.7. The van der Waals surface area contributed by atoms with Gasteiger partial charge in [-0.15, -0.1) is 0 Å². The zero-order chi connectivity index (χ0) is 34.5. The molecule has 3 aromatic carbocycles. The van der Waals surface area contributed by atoms with Crippen molar-refractivity contribution in [2.45, 2.75) is 69.4 Å². The molecule has 0 saturated heterocycles. The number of nitrogens with one attached hydrogen (secondary N) is 1. The normalized spacial score (nSPS) is 13.4. The summed E-state index contributed by atoms with van der Waals surface area (Å²) in [5.41, 5.74) is 5.51. The van der Waals surface area contributed by atoms with Crippen molar-refractivity contribution in [3.05, 3.63) is 119 Å². The molecule has 1 aliphatic rings. The lowest BCUT2D eigenvalue weighted by Crippen LogP contribution is -2.20. The first-order valence-corrected chi connectivity index (χ1v) is 18.0. The highest BCUT2D eigenvalue weighted by Crippen LogP contribution is 2.32. The van der Waals surface area contributed by atoms with E-state index >= 15 is 0 Å². The fraction of sp³-hybridized carbons (Fsp3) is 0.289. The Hall–Kier alpha value is -5.00. The molecule has 5 aromatic rings. The van der Waals surface area contributed by atoms with Crippen LogP contribution in [0.4, 0.5) is 10.5 Å². The number of carbonyl (C=O) groups is 2. The number of anilines is 1. The van der Waals surface area contributed by atoms with Crippen LogP contribution in [0.1, 0.15) is 70.4 Å². The molecule has 11 heteroatoms. The number of primary sulfonamides is 1. The third-order valence-electron chi connectivity index (χ3n) is 9.11. The summed E-state index contributed by atoms with van der Waals surface area (Å²) in [4.78, 5) is 30.6. The molecule has 10 nitrogen and oxygen atoms in total. The number of fused-ring (bicyclic) bond motifs is 1. The Balaban J connectivity index is 1.29. The highest BCUT2D eigenvalue weighted by atomic mass is 32.2. The molecule has 0 bridgehead atoms. The van der Waals surface area contributed by atoms with E-state index in [4.69, 9.17) is 14.6 Å². The number of aromatic nitrogens is 2. The number of benzene rings is 3. The summed E-state index contributed by atoms with van der Waals surface area (Å²) in [6.07, 6.45) is 9.61. The van der Waals surface area contributed by atoms with Gasteiger partial charge in [0.05, 0.1) is 12.0 Å². The molecule has 1 saturated carbocycles. The lowest BCUT2D eigenvalue weighted by atomic mass is 9.96. The van der Waals surface area contributed by atoms with Gasteiger partial charge in [-0.1, -0.05) is 30.3 Å². The molecule has 1 fully saturated rings. The van der Waals surface area contributed by atoms with E-state index in [1.807, 2.05) is 42.5 Å². The molecule has 2 aromatic heterocycles. The number of amides is 1. The molecule has 3 N–H and O–H groups in total. The number of sulfonamides is 1. The highest BCUT2D eigenvalue weighted by Gasteiger charge is 2.22. The van der Waals surface area contributed by atoms with E-state index in [9.17, 15) is 18.0 Å². The second kappa shape index (κ2) is 14.6. The lowest BCUT2D eigenvalue weighted by Gasteiger charge is -2.13. The zero-order valence-corrected chi connectivity index (χ0v) is 28.5. The third-order valence-corrected chi connectivity index (χ3v) is 10.2. The van der Waals surface area contributed by atoms with Crippen LogP contribution in [0.3, 0.4) is 0 Å². The maximum absolute atomic E-state index is 13.6. The van der Waals surface area contributed by atoms with Crippen molar-refractivity contribution in [3.63, 3.8) is 0 Å². The second-order valence-corrected chi connectivity index (χ2v) is 14.0. The molecule has 1 aliphatic carbocycles. The fourth-order valence-electron chi connectivity index (χ4n) is 6.62.